The minimum absolute atomic E-state index is 0.0566. The quantitative estimate of drug-likeness (QED) is 0.313. The number of nitrogens with zero attached hydrogens (tertiary/aromatic N) is 4. The molecule has 5 rings (SSSR count). The van der Waals surface area contributed by atoms with E-state index in [9.17, 15) is 22.0 Å². The Kier molecular flexibility index (Phi) is 7.91. The molecule has 1 amide bonds. The standard InChI is InChI=1S/C26H26F2N6O5S/c1-38-26-21(32-40(36,37)23-4-3-19(27)13-20(23)28)12-18(14-31-26)17-2-5-24-30-15-22(34(24)16-17)25(35)29-6-7-33-8-10-39-11-9-33/h2-5,12-16,32H,6-11H2,1H3,(H,29,35). The van der Waals surface area contributed by atoms with Gasteiger partial charge in [0.15, 0.2) is 0 Å². The maximum Gasteiger partial charge on any atom is 0.269 e. The minimum Gasteiger partial charge on any atom is -0.480 e. The van der Waals surface area contributed by atoms with Crippen LogP contribution in [0.3, 0.4) is 0 Å². The summed E-state index contributed by atoms with van der Waals surface area (Å²) in [5.41, 5.74) is 1.88. The summed E-state index contributed by atoms with van der Waals surface area (Å²) in [7, 11) is -3.14. The number of benzene rings is 1. The normalized spacial score (nSPS) is 14.3. The van der Waals surface area contributed by atoms with Gasteiger partial charge >= 0.3 is 0 Å². The molecule has 0 atom stereocenters. The van der Waals surface area contributed by atoms with Crippen LogP contribution in [0, 0.1) is 11.6 Å². The van der Waals surface area contributed by atoms with Crippen LogP contribution in [0.25, 0.3) is 16.8 Å². The number of anilines is 1. The lowest BCUT2D eigenvalue weighted by Gasteiger charge is -2.26. The van der Waals surface area contributed by atoms with Gasteiger partial charge in [-0.3, -0.25) is 18.8 Å². The molecule has 4 aromatic rings. The minimum atomic E-state index is -4.44. The van der Waals surface area contributed by atoms with Crippen LogP contribution in [-0.4, -0.2) is 80.1 Å². The fourth-order valence-electron chi connectivity index (χ4n) is 4.30. The van der Waals surface area contributed by atoms with Crippen LogP contribution in [0.1, 0.15) is 10.5 Å². The second-order valence-corrected chi connectivity index (χ2v) is 10.6. The number of aromatic nitrogens is 3. The van der Waals surface area contributed by atoms with Crippen molar-refractivity contribution in [3.05, 3.63) is 72.3 Å². The molecule has 2 N–H and O–H groups in total. The summed E-state index contributed by atoms with van der Waals surface area (Å²) in [6.45, 7) is 4.16. The number of morpholine rings is 1. The first-order valence-corrected chi connectivity index (χ1v) is 13.8. The molecule has 1 fully saturated rings. The topological polar surface area (TPSA) is 127 Å². The number of imidazole rings is 1. The van der Waals surface area contributed by atoms with E-state index in [4.69, 9.17) is 9.47 Å². The number of sulfonamides is 1. The van der Waals surface area contributed by atoms with Gasteiger partial charge in [0.1, 0.15) is 33.6 Å². The molecule has 3 aromatic heterocycles. The van der Waals surface area contributed by atoms with Crippen LogP contribution >= 0.6 is 0 Å². The molecule has 40 heavy (non-hydrogen) atoms. The van der Waals surface area contributed by atoms with Gasteiger partial charge in [-0.1, -0.05) is 0 Å². The van der Waals surface area contributed by atoms with Gasteiger partial charge in [-0.2, -0.15) is 0 Å². The van der Waals surface area contributed by atoms with Crippen molar-refractivity contribution in [2.45, 2.75) is 4.90 Å². The van der Waals surface area contributed by atoms with Crippen molar-refractivity contribution >= 4 is 27.3 Å². The Morgan fingerprint density at radius 2 is 1.88 bits per heavy atom. The highest BCUT2D eigenvalue weighted by Crippen LogP contribution is 2.31. The van der Waals surface area contributed by atoms with Crippen molar-refractivity contribution < 1.29 is 31.5 Å². The molecule has 11 nitrogen and oxygen atoms in total. The van der Waals surface area contributed by atoms with Gasteiger partial charge in [0.25, 0.3) is 15.9 Å². The lowest BCUT2D eigenvalue weighted by Crippen LogP contribution is -2.41. The number of carbonyl (C=O) groups is 1. The lowest BCUT2D eigenvalue weighted by atomic mass is 10.1. The number of hydrogen-bond donors (Lipinski definition) is 2. The number of fused-ring (bicyclic) bond motifs is 1. The zero-order valence-electron chi connectivity index (χ0n) is 21.4. The molecule has 0 unspecified atom stereocenters. The van der Waals surface area contributed by atoms with Crippen molar-refractivity contribution in [2.24, 2.45) is 0 Å². The van der Waals surface area contributed by atoms with E-state index in [-0.39, 0.29) is 17.5 Å². The number of pyridine rings is 2. The van der Waals surface area contributed by atoms with Crippen molar-refractivity contribution in [1.82, 2.24) is 24.6 Å². The molecule has 1 aromatic carbocycles. The highest BCUT2D eigenvalue weighted by molar-refractivity contribution is 7.92. The van der Waals surface area contributed by atoms with Crippen LogP contribution in [0.2, 0.25) is 0 Å². The first-order chi connectivity index (χ1) is 19.2. The number of amides is 1. The van der Waals surface area contributed by atoms with Gasteiger partial charge in [-0.25, -0.2) is 27.2 Å². The van der Waals surface area contributed by atoms with Gasteiger partial charge in [-0.05, 0) is 30.3 Å². The Morgan fingerprint density at radius 3 is 2.62 bits per heavy atom. The summed E-state index contributed by atoms with van der Waals surface area (Å²) in [6.07, 6.45) is 4.63. The van der Waals surface area contributed by atoms with E-state index < -0.39 is 26.6 Å². The van der Waals surface area contributed by atoms with Crippen molar-refractivity contribution in [3.8, 4) is 17.0 Å². The van der Waals surface area contributed by atoms with Crippen LogP contribution < -0.4 is 14.8 Å². The number of rotatable bonds is 9. The van der Waals surface area contributed by atoms with E-state index >= 15 is 0 Å². The Labute approximate surface area is 228 Å². The second-order valence-electron chi connectivity index (χ2n) is 8.96. The molecule has 1 aliphatic heterocycles. The summed E-state index contributed by atoms with van der Waals surface area (Å²) in [5, 5.41) is 2.92. The fourth-order valence-corrected chi connectivity index (χ4v) is 5.41. The van der Waals surface area contributed by atoms with E-state index in [0.717, 1.165) is 25.2 Å². The zero-order chi connectivity index (χ0) is 28.3. The molecule has 14 heteroatoms. The van der Waals surface area contributed by atoms with E-state index in [1.807, 2.05) is 0 Å². The Hall–Kier alpha value is -4.14. The predicted octanol–water partition coefficient (Wildman–Crippen LogP) is 2.55. The van der Waals surface area contributed by atoms with E-state index in [0.29, 0.717) is 54.8 Å². The Balaban J connectivity index is 1.39. The molecular weight excluding hydrogens is 546 g/mol. The van der Waals surface area contributed by atoms with Gasteiger partial charge in [0.2, 0.25) is 5.88 Å². The number of carbonyl (C=O) groups excluding carboxylic acids is 1. The van der Waals surface area contributed by atoms with Crippen LogP contribution in [0.15, 0.2) is 59.9 Å². The largest absolute Gasteiger partial charge is 0.480 e. The highest BCUT2D eigenvalue weighted by atomic mass is 32.2. The third-order valence-electron chi connectivity index (χ3n) is 6.36. The second kappa shape index (κ2) is 11.5. The maximum absolute atomic E-state index is 14.2. The lowest BCUT2D eigenvalue weighted by molar-refractivity contribution is 0.0383. The third kappa shape index (κ3) is 5.88. The third-order valence-corrected chi connectivity index (χ3v) is 7.76. The smallest absolute Gasteiger partial charge is 0.269 e. The molecule has 210 valence electrons. The van der Waals surface area contributed by atoms with Crippen molar-refractivity contribution in [1.29, 1.82) is 0 Å². The molecule has 0 bridgehead atoms. The highest BCUT2D eigenvalue weighted by Gasteiger charge is 2.22. The van der Waals surface area contributed by atoms with Gasteiger partial charge < -0.3 is 14.8 Å². The molecule has 1 aliphatic rings. The molecule has 1 saturated heterocycles. The Bertz CT molecular complexity index is 1660. The molecule has 4 heterocycles. The fraction of sp³-hybridized carbons (Fsp3) is 0.269. The van der Waals surface area contributed by atoms with Gasteiger partial charge in [-0.15, -0.1) is 0 Å². The number of ether oxygens (including phenoxy) is 2. The van der Waals surface area contributed by atoms with E-state index in [1.54, 1.807) is 22.7 Å². The molecule has 0 aliphatic carbocycles. The van der Waals surface area contributed by atoms with Crippen LogP contribution in [0.5, 0.6) is 5.88 Å². The maximum atomic E-state index is 14.2. The van der Waals surface area contributed by atoms with Gasteiger partial charge in [0, 0.05) is 55.8 Å². The van der Waals surface area contributed by atoms with Crippen LogP contribution in [-0.2, 0) is 14.8 Å². The molecule has 0 radical (unpaired) electrons. The number of hydrogen-bond acceptors (Lipinski definition) is 8. The Morgan fingerprint density at radius 1 is 1.07 bits per heavy atom. The molecular formula is C26H26F2N6O5S. The molecule has 0 spiro atoms. The SMILES string of the molecule is COc1ncc(-c2ccc3ncc(C(=O)NCCN4CCOCC4)n3c2)cc1NS(=O)(=O)c1ccc(F)cc1F. The number of halogens is 2. The monoisotopic (exact) mass is 572 g/mol. The van der Waals surface area contributed by atoms with E-state index in [2.05, 4.69) is 24.9 Å². The summed E-state index contributed by atoms with van der Waals surface area (Å²) < 4.78 is 67.7. The summed E-state index contributed by atoms with van der Waals surface area (Å²) >= 11 is 0. The first-order valence-electron chi connectivity index (χ1n) is 12.3. The molecule has 0 saturated carbocycles. The van der Waals surface area contributed by atoms with Crippen LogP contribution in [0.4, 0.5) is 14.5 Å². The number of nitrogens with one attached hydrogen (secondary N) is 2. The van der Waals surface area contributed by atoms with Gasteiger partial charge in [0.05, 0.1) is 26.5 Å². The summed E-state index contributed by atoms with van der Waals surface area (Å²) in [5.74, 6) is -2.49. The average Bonchev–Trinajstić information content (AvgIpc) is 3.36. The average molecular weight is 573 g/mol. The zero-order valence-corrected chi connectivity index (χ0v) is 22.2. The summed E-state index contributed by atoms with van der Waals surface area (Å²) in [6, 6.07) is 7.07. The van der Waals surface area contributed by atoms with Crippen molar-refractivity contribution in [2.75, 3.05) is 51.2 Å². The van der Waals surface area contributed by atoms with E-state index in [1.165, 1.54) is 25.6 Å². The predicted molar refractivity (Wildman–Crippen MR) is 142 cm³/mol. The first kappa shape index (κ1) is 27.4. The van der Waals surface area contributed by atoms with Crippen molar-refractivity contribution in [3.63, 3.8) is 0 Å². The number of methoxy groups -OCH3 is 1. The summed E-state index contributed by atoms with van der Waals surface area (Å²) in [4.78, 5) is 22.9.